The average Bonchev–Trinajstić information content (AvgIpc) is 2.79. The van der Waals surface area contributed by atoms with Gasteiger partial charge in [0.2, 0.25) is 10.0 Å². The van der Waals surface area contributed by atoms with Crippen LogP contribution in [0, 0.1) is 24.0 Å². The molecule has 2 saturated heterocycles. The predicted molar refractivity (Wildman–Crippen MR) is 93.1 cm³/mol. The van der Waals surface area contributed by atoms with Gasteiger partial charge in [-0.1, -0.05) is 12.1 Å². The van der Waals surface area contributed by atoms with Crippen LogP contribution >= 0.6 is 12.4 Å². The van der Waals surface area contributed by atoms with E-state index in [0.717, 1.165) is 19.3 Å². The van der Waals surface area contributed by atoms with Gasteiger partial charge in [-0.05, 0) is 38.7 Å². The zero-order valence-corrected chi connectivity index (χ0v) is 15.3. The number of hydrogen-bond donors (Lipinski definition) is 1. The van der Waals surface area contributed by atoms with Crippen LogP contribution in [0.15, 0.2) is 17.0 Å². The number of fused-ring (bicyclic) bond motifs is 2. The highest BCUT2D eigenvalue weighted by Crippen LogP contribution is 2.34. The van der Waals surface area contributed by atoms with Gasteiger partial charge in [-0.2, -0.15) is 4.31 Å². The first-order valence-corrected chi connectivity index (χ1v) is 9.25. The Balaban J connectivity index is 0.00000208. The number of aryl methyl sites for hydroxylation is 2. The van der Waals surface area contributed by atoms with Crippen LogP contribution in [-0.2, 0) is 10.0 Å². The first kappa shape index (κ1) is 19.1. The van der Waals surface area contributed by atoms with Gasteiger partial charge in [0, 0.05) is 30.7 Å². The lowest BCUT2D eigenvalue weighted by Crippen LogP contribution is -2.39. The topological polar surface area (TPSA) is 92.6 Å². The smallest absolute Gasteiger partial charge is 0.292 e. The summed E-state index contributed by atoms with van der Waals surface area (Å²) in [4.78, 5) is 10.7. The lowest BCUT2D eigenvalue weighted by atomic mass is 10.1. The van der Waals surface area contributed by atoms with Gasteiger partial charge in [-0.15, -0.1) is 12.4 Å². The van der Waals surface area contributed by atoms with Crippen LogP contribution in [0.3, 0.4) is 0 Å². The molecule has 0 saturated carbocycles. The summed E-state index contributed by atoms with van der Waals surface area (Å²) in [5.41, 5.74) is 0.491. The second-order valence-electron chi connectivity index (χ2n) is 6.42. The molecule has 2 aliphatic heterocycles. The minimum absolute atomic E-state index is 0. The third-order valence-electron chi connectivity index (χ3n) is 4.80. The van der Waals surface area contributed by atoms with Crippen molar-refractivity contribution in [3.63, 3.8) is 0 Å². The second-order valence-corrected chi connectivity index (χ2v) is 8.30. The molecule has 134 valence electrons. The Labute approximate surface area is 148 Å². The number of benzene rings is 1. The number of nitrogens with one attached hydrogen (secondary N) is 1. The predicted octanol–water partition coefficient (Wildman–Crippen LogP) is 2.15. The third kappa shape index (κ3) is 3.28. The molecule has 0 radical (unpaired) electrons. The number of sulfonamides is 1. The molecule has 2 heterocycles. The molecule has 2 atom stereocenters. The standard InChI is InChI=1S/C15H21N3O4S.ClH/c1-10-3-4-11(2)15(14(10)18(19)20)23(21,22)17-8-7-12-5-6-13(9-17)16-12;/h3-4,12-13,16H,5-9H2,1-2H3;1H. The highest BCUT2D eigenvalue weighted by atomic mass is 35.5. The molecule has 2 fully saturated rings. The van der Waals surface area contributed by atoms with Crippen molar-refractivity contribution >= 4 is 28.1 Å². The molecule has 24 heavy (non-hydrogen) atoms. The van der Waals surface area contributed by atoms with Gasteiger partial charge >= 0.3 is 0 Å². The average molecular weight is 376 g/mol. The van der Waals surface area contributed by atoms with Crippen LogP contribution < -0.4 is 5.32 Å². The maximum Gasteiger partial charge on any atom is 0.292 e. The molecule has 9 heteroatoms. The van der Waals surface area contributed by atoms with Crippen LogP contribution in [0.5, 0.6) is 0 Å². The summed E-state index contributed by atoms with van der Waals surface area (Å²) in [6, 6.07) is 3.73. The minimum Gasteiger partial charge on any atom is -0.310 e. The van der Waals surface area contributed by atoms with Gasteiger partial charge in [0.15, 0.2) is 4.90 Å². The quantitative estimate of drug-likeness (QED) is 0.645. The number of nitro groups is 1. The fourth-order valence-electron chi connectivity index (χ4n) is 3.58. The summed E-state index contributed by atoms with van der Waals surface area (Å²) < 4.78 is 27.6. The molecule has 1 N–H and O–H groups in total. The first-order valence-electron chi connectivity index (χ1n) is 7.81. The summed E-state index contributed by atoms with van der Waals surface area (Å²) in [6.45, 7) is 3.97. The van der Waals surface area contributed by atoms with E-state index in [2.05, 4.69) is 5.32 Å². The molecule has 2 unspecified atom stereocenters. The Morgan fingerprint density at radius 2 is 1.79 bits per heavy atom. The van der Waals surface area contributed by atoms with Crippen LogP contribution in [0.4, 0.5) is 5.69 Å². The summed E-state index contributed by atoms with van der Waals surface area (Å²) in [6.07, 6.45) is 2.77. The molecule has 7 nitrogen and oxygen atoms in total. The van der Waals surface area contributed by atoms with E-state index >= 15 is 0 Å². The molecule has 0 aromatic heterocycles. The van der Waals surface area contributed by atoms with E-state index in [1.165, 1.54) is 4.31 Å². The van der Waals surface area contributed by atoms with Crippen molar-refractivity contribution in [1.82, 2.24) is 9.62 Å². The molecule has 3 rings (SSSR count). The number of halogens is 1. The lowest BCUT2D eigenvalue weighted by Gasteiger charge is -2.24. The fourth-order valence-corrected chi connectivity index (χ4v) is 5.52. The Morgan fingerprint density at radius 1 is 1.17 bits per heavy atom. The van der Waals surface area contributed by atoms with Crippen molar-refractivity contribution in [3.05, 3.63) is 33.4 Å². The number of hydrogen-bond acceptors (Lipinski definition) is 5. The van der Waals surface area contributed by atoms with E-state index in [1.54, 1.807) is 26.0 Å². The summed E-state index contributed by atoms with van der Waals surface area (Å²) in [5.74, 6) is 0. The molecular weight excluding hydrogens is 354 g/mol. The van der Waals surface area contributed by atoms with Crippen molar-refractivity contribution in [2.75, 3.05) is 13.1 Å². The van der Waals surface area contributed by atoms with Crippen LogP contribution in [0.1, 0.15) is 30.4 Å². The molecule has 2 bridgehead atoms. The van der Waals surface area contributed by atoms with Gasteiger partial charge in [0.1, 0.15) is 0 Å². The summed E-state index contributed by atoms with van der Waals surface area (Å²) in [7, 11) is -3.88. The first-order chi connectivity index (χ1) is 10.8. The van der Waals surface area contributed by atoms with Crippen molar-refractivity contribution < 1.29 is 13.3 Å². The van der Waals surface area contributed by atoms with Gasteiger partial charge in [0.05, 0.1) is 4.92 Å². The Kier molecular flexibility index (Phi) is 5.54. The van der Waals surface area contributed by atoms with Crippen LogP contribution in [-0.4, -0.2) is 42.8 Å². The Hall–Kier alpha value is -1.22. The van der Waals surface area contributed by atoms with E-state index in [-0.39, 0.29) is 29.0 Å². The normalized spacial score (nSPS) is 24.2. The Morgan fingerprint density at radius 3 is 2.46 bits per heavy atom. The third-order valence-corrected chi connectivity index (χ3v) is 6.84. The number of nitro benzene ring substituents is 1. The van der Waals surface area contributed by atoms with Gasteiger partial charge in [0.25, 0.3) is 5.69 Å². The monoisotopic (exact) mass is 375 g/mol. The maximum absolute atomic E-state index is 13.1. The molecule has 1 aromatic carbocycles. The molecular formula is C15H22ClN3O4S. The number of nitrogens with zero attached hydrogens (tertiary/aromatic N) is 2. The largest absolute Gasteiger partial charge is 0.310 e. The van der Waals surface area contributed by atoms with Crippen molar-refractivity contribution in [3.8, 4) is 0 Å². The van der Waals surface area contributed by atoms with E-state index in [9.17, 15) is 18.5 Å². The van der Waals surface area contributed by atoms with Gasteiger partial charge in [-0.25, -0.2) is 8.42 Å². The highest BCUT2D eigenvalue weighted by molar-refractivity contribution is 7.89. The highest BCUT2D eigenvalue weighted by Gasteiger charge is 2.39. The van der Waals surface area contributed by atoms with Crippen molar-refractivity contribution in [2.45, 2.75) is 50.1 Å². The van der Waals surface area contributed by atoms with Crippen molar-refractivity contribution in [1.29, 1.82) is 0 Å². The zero-order chi connectivity index (χ0) is 16.8. The summed E-state index contributed by atoms with van der Waals surface area (Å²) >= 11 is 0. The maximum atomic E-state index is 13.1. The molecule has 0 spiro atoms. The van der Waals surface area contributed by atoms with E-state index in [4.69, 9.17) is 0 Å². The number of rotatable bonds is 3. The second kappa shape index (κ2) is 6.95. The van der Waals surface area contributed by atoms with Crippen LogP contribution in [0.2, 0.25) is 0 Å². The fraction of sp³-hybridized carbons (Fsp3) is 0.600. The lowest BCUT2D eigenvalue weighted by molar-refractivity contribution is -0.388. The van der Waals surface area contributed by atoms with Gasteiger partial charge in [-0.3, -0.25) is 10.1 Å². The van der Waals surface area contributed by atoms with E-state index in [1.807, 2.05) is 0 Å². The molecule has 1 aromatic rings. The minimum atomic E-state index is -3.88. The molecule has 0 aliphatic carbocycles. The van der Waals surface area contributed by atoms with E-state index in [0.29, 0.717) is 30.3 Å². The van der Waals surface area contributed by atoms with Crippen LogP contribution in [0.25, 0.3) is 0 Å². The van der Waals surface area contributed by atoms with Crippen molar-refractivity contribution in [2.24, 2.45) is 0 Å². The zero-order valence-electron chi connectivity index (χ0n) is 13.7. The SMILES string of the molecule is Cc1ccc(C)c(S(=O)(=O)N2CCC3CCC(C2)N3)c1[N+](=O)[O-].Cl. The Bertz CT molecular complexity index is 753. The van der Waals surface area contributed by atoms with E-state index < -0.39 is 14.9 Å². The molecule has 2 aliphatic rings. The molecule has 0 amide bonds. The summed E-state index contributed by atoms with van der Waals surface area (Å²) in [5, 5.41) is 14.9. The van der Waals surface area contributed by atoms with Gasteiger partial charge < -0.3 is 5.32 Å².